The van der Waals surface area contributed by atoms with Crippen molar-refractivity contribution in [3.63, 3.8) is 0 Å². The van der Waals surface area contributed by atoms with E-state index in [9.17, 15) is 22.8 Å². The Morgan fingerprint density at radius 3 is 2.37 bits per heavy atom. The molecule has 1 aromatic carbocycles. The Labute approximate surface area is 105 Å². The lowest BCUT2D eigenvalue weighted by atomic mass is 10.2. The first-order chi connectivity index (χ1) is 8.77. The number of carboxylic acids is 1. The van der Waals surface area contributed by atoms with Gasteiger partial charge in [-0.2, -0.15) is 13.2 Å². The molecular weight excluding hydrogens is 267 g/mol. The third kappa shape index (κ3) is 3.68. The molecule has 19 heavy (non-hydrogen) atoms. The van der Waals surface area contributed by atoms with Crippen molar-refractivity contribution in [2.24, 2.45) is 0 Å². The van der Waals surface area contributed by atoms with Crippen LogP contribution in [0.25, 0.3) is 0 Å². The van der Waals surface area contributed by atoms with E-state index < -0.39 is 31.2 Å². The predicted octanol–water partition coefficient (Wildman–Crippen LogP) is 1.27. The molecule has 104 valence electrons. The van der Waals surface area contributed by atoms with E-state index in [4.69, 9.17) is 10.2 Å². The number of aliphatic hydroxyl groups is 1. The van der Waals surface area contributed by atoms with Gasteiger partial charge in [0.1, 0.15) is 0 Å². The van der Waals surface area contributed by atoms with Crippen molar-refractivity contribution in [1.29, 1.82) is 0 Å². The van der Waals surface area contributed by atoms with Crippen molar-refractivity contribution >= 4 is 17.6 Å². The number of benzene rings is 1. The summed E-state index contributed by atoms with van der Waals surface area (Å²) < 4.78 is 37.1. The van der Waals surface area contributed by atoms with Gasteiger partial charge < -0.3 is 15.1 Å². The molecule has 8 heteroatoms. The molecule has 0 atom stereocenters. The molecule has 1 aromatic rings. The van der Waals surface area contributed by atoms with Crippen LogP contribution >= 0.6 is 0 Å². The van der Waals surface area contributed by atoms with E-state index in [0.29, 0.717) is 0 Å². The Morgan fingerprint density at radius 2 is 1.89 bits per heavy atom. The molecular formula is C11H10F3NO4. The third-order valence-corrected chi connectivity index (χ3v) is 2.22. The number of halogens is 3. The maximum atomic E-state index is 12.4. The summed E-state index contributed by atoms with van der Waals surface area (Å²) in [6.07, 6.45) is -5.10. The SMILES string of the molecule is O=C(O)c1cccc(N(CCO)C(=O)C(F)(F)F)c1. The fourth-order valence-corrected chi connectivity index (χ4v) is 1.41. The fourth-order valence-electron chi connectivity index (χ4n) is 1.41. The summed E-state index contributed by atoms with van der Waals surface area (Å²) in [5.41, 5.74) is -0.494. The highest BCUT2D eigenvalue weighted by atomic mass is 19.4. The van der Waals surface area contributed by atoms with E-state index in [1.807, 2.05) is 0 Å². The third-order valence-electron chi connectivity index (χ3n) is 2.22. The van der Waals surface area contributed by atoms with Crippen LogP contribution in [-0.4, -0.2) is 41.4 Å². The molecule has 0 heterocycles. The van der Waals surface area contributed by atoms with E-state index in [-0.39, 0.29) is 16.2 Å². The first-order valence-corrected chi connectivity index (χ1v) is 5.10. The minimum absolute atomic E-state index is 0.240. The molecule has 0 aliphatic carbocycles. The standard InChI is InChI=1S/C11H10F3NO4/c12-11(13,14)10(19)15(4-5-16)8-3-1-2-7(6-8)9(17)18/h1-3,6,16H,4-5H2,(H,17,18). The number of carbonyl (C=O) groups excluding carboxylic acids is 1. The van der Waals surface area contributed by atoms with Gasteiger partial charge >= 0.3 is 18.1 Å². The average Bonchev–Trinajstić information content (AvgIpc) is 2.34. The van der Waals surface area contributed by atoms with Crippen LogP contribution in [0.15, 0.2) is 24.3 Å². The largest absolute Gasteiger partial charge is 0.478 e. The highest BCUT2D eigenvalue weighted by molar-refractivity contribution is 5.98. The summed E-state index contributed by atoms with van der Waals surface area (Å²) in [5, 5.41) is 17.5. The summed E-state index contributed by atoms with van der Waals surface area (Å²) in [6.45, 7) is -1.26. The first kappa shape index (κ1) is 15.0. The van der Waals surface area contributed by atoms with Crippen molar-refractivity contribution in [2.75, 3.05) is 18.1 Å². The maximum Gasteiger partial charge on any atom is 0.471 e. The quantitative estimate of drug-likeness (QED) is 0.868. The van der Waals surface area contributed by atoms with Crippen LogP contribution in [0.4, 0.5) is 18.9 Å². The number of nitrogens with zero attached hydrogens (tertiary/aromatic N) is 1. The summed E-state index contributed by atoms with van der Waals surface area (Å²) in [7, 11) is 0. The second-order valence-corrected chi connectivity index (χ2v) is 3.53. The van der Waals surface area contributed by atoms with Gasteiger partial charge in [0.25, 0.3) is 0 Å². The molecule has 0 bridgehead atoms. The summed E-state index contributed by atoms with van der Waals surface area (Å²) >= 11 is 0. The molecule has 2 N–H and O–H groups in total. The molecule has 0 fully saturated rings. The molecule has 5 nitrogen and oxygen atoms in total. The summed E-state index contributed by atoms with van der Waals surface area (Å²) in [6, 6.07) is 4.49. The molecule has 0 saturated carbocycles. The van der Waals surface area contributed by atoms with Crippen molar-refractivity contribution in [3.8, 4) is 0 Å². The molecule has 0 unspecified atom stereocenters. The zero-order chi connectivity index (χ0) is 14.6. The molecule has 1 rings (SSSR count). The van der Waals surface area contributed by atoms with Crippen LogP contribution < -0.4 is 4.90 Å². The normalized spacial score (nSPS) is 11.2. The number of carboxylic acid groups (broad SMARTS) is 1. The predicted molar refractivity (Wildman–Crippen MR) is 58.9 cm³/mol. The molecule has 1 amide bonds. The Bertz CT molecular complexity index is 487. The number of alkyl halides is 3. The minimum atomic E-state index is -5.10. The molecule has 0 radical (unpaired) electrons. The van der Waals surface area contributed by atoms with Crippen LogP contribution in [0.2, 0.25) is 0 Å². The van der Waals surface area contributed by atoms with Crippen LogP contribution in [0.3, 0.4) is 0 Å². The second kappa shape index (κ2) is 5.70. The lowest BCUT2D eigenvalue weighted by Crippen LogP contribution is -2.42. The average molecular weight is 277 g/mol. The van der Waals surface area contributed by atoms with Gasteiger partial charge in [0.15, 0.2) is 0 Å². The van der Waals surface area contributed by atoms with Gasteiger partial charge in [-0.25, -0.2) is 4.79 Å². The number of rotatable bonds is 4. The topological polar surface area (TPSA) is 77.8 Å². The molecule has 0 aliphatic heterocycles. The number of hydrogen-bond acceptors (Lipinski definition) is 3. The van der Waals surface area contributed by atoms with Crippen molar-refractivity contribution in [3.05, 3.63) is 29.8 Å². The highest BCUT2D eigenvalue weighted by Crippen LogP contribution is 2.24. The fraction of sp³-hybridized carbons (Fsp3) is 0.273. The molecule has 0 spiro atoms. The smallest absolute Gasteiger partial charge is 0.471 e. The van der Waals surface area contributed by atoms with Gasteiger partial charge in [-0.1, -0.05) is 6.07 Å². The van der Waals surface area contributed by atoms with Crippen LogP contribution in [-0.2, 0) is 4.79 Å². The summed E-state index contributed by atoms with van der Waals surface area (Å²) in [4.78, 5) is 22.2. The Hall–Kier alpha value is -2.09. The number of aromatic carboxylic acids is 1. The number of anilines is 1. The lowest BCUT2D eigenvalue weighted by molar-refractivity contribution is -0.170. The van der Waals surface area contributed by atoms with Crippen LogP contribution in [0, 0.1) is 0 Å². The Kier molecular flexibility index (Phi) is 4.49. The zero-order valence-corrected chi connectivity index (χ0v) is 9.52. The zero-order valence-electron chi connectivity index (χ0n) is 9.52. The van der Waals surface area contributed by atoms with E-state index in [0.717, 1.165) is 12.1 Å². The van der Waals surface area contributed by atoms with E-state index in [2.05, 4.69) is 0 Å². The van der Waals surface area contributed by atoms with Gasteiger partial charge in [-0.3, -0.25) is 4.79 Å². The minimum Gasteiger partial charge on any atom is -0.478 e. The Morgan fingerprint density at radius 1 is 1.26 bits per heavy atom. The lowest BCUT2D eigenvalue weighted by Gasteiger charge is -2.23. The van der Waals surface area contributed by atoms with E-state index >= 15 is 0 Å². The van der Waals surface area contributed by atoms with Crippen molar-refractivity contribution in [1.82, 2.24) is 0 Å². The van der Waals surface area contributed by atoms with Gasteiger partial charge in [0, 0.05) is 12.2 Å². The Balaban J connectivity index is 3.16. The molecule has 0 aromatic heterocycles. The van der Waals surface area contributed by atoms with Gasteiger partial charge in [-0.15, -0.1) is 0 Å². The maximum absolute atomic E-state index is 12.4. The number of hydrogen-bond donors (Lipinski definition) is 2. The number of aliphatic hydroxyl groups excluding tert-OH is 1. The van der Waals surface area contributed by atoms with Gasteiger partial charge in [0.2, 0.25) is 0 Å². The molecule has 0 saturated heterocycles. The van der Waals surface area contributed by atoms with Crippen LogP contribution in [0.5, 0.6) is 0 Å². The second-order valence-electron chi connectivity index (χ2n) is 3.53. The van der Waals surface area contributed by atoms with Gasteiger partial charge in [0.05, 0.1) is 12.2 Å². The van der Waals surface area contributed by atoms with Crippen LogP contribution in [0.1, 0.15) is 10.4 Å². The van der Waals surface area contributed by atoms with Crippen molar-refractivity contribution < 1.29 is 33.0 Å². The first-order valence-electron chi connectivity index (χ1n) is 5.10. The van der Waals surface area contributed by atoms with E-state index in [1.165, 1.54) is 12.1 Å². The monoisotopic (exact) mass is 277 g/mol. The summed E-state index contributed by atoms with van der Waals surface area (Å²) in [5.74, 6) is -3.49. The molecule has 0 aliphatic rings. The number of amides is 1. The highest BCUT2D eigenvalue weighted by Gasteiger charge is 2.42. The van der Waals surface area contributed by atoms with Crippen molar-refractivity contribution in [2.45, 2.75) is 6.18 Å². The number of carbonyl (C=O) groups is 2. The van der Waals surface area contributed by atoms with Gasteiger partial charge in [-0.05, 0) is 18.2 Å². The van der Waals surface area contributed by atoms with E-state index in [1.54, 1.807) is 0 Å².